The predicted molar refractivity (Wildman–Crippen MR) is 101 cm³/mol. The Kier molecular flexibility index (Phi) is 5.40. The molecule has 0 aliphatic rings. The van der Waals surface area contributed by atoms with Crippen LogP contribution in [-0.4, -0.2) is 43.0 Å². The molecule has 3 rings (SSSR count). The summed E-state index contributed by atoms with van der Waals surface area (Å²) in [5.74, 6) is -0.393. The fourth-order valence-electron chi connectivity index (χ4n) is 2.51. The number of benzene rings is 2. The number of hydrogen-bond donors (Lipinski definition) is 0. The number of fused-ring (bicyclic) bond motifs is 1. The van der Waals surface area contributed by atoms with Gasteiger partial charge < -0.3 is 4.90 Å². The molecule has 0 spiro atoms. The summed E-state index contributed by atoms with van der Waals surface area (Å²) in [5, 5.41) is 0.544. The van der Waals surface area contributed by atoms with E-state index in [9.17, 15) is 9.18 Å². The molecule has 3 aromatic rings. The van der Waals surface area contributed by atoms with Gasteiger partial charge in [-0.1, -0.05) is 47.7 Å². The van der Waals surface area contributed by atoms with Crippen LogP contribution in [0.2, 0.25) is 0 Å². The van der Waals surface area contributed by atoms with E-state index in [2.05, 4.69) is 4.98 Å². The average molecular weight is 357 g/mol. The minimum absolute atomic E-state index is 0.0347. The maximum atomic E-state index is 14.0. The van der Waals surface area contributed by atoms with Crippen LogP contribution in [0, 0.1) is 5.82 Å². The van der Waals surface area contributed by atoms with E-state index in [0.29, 0.717) is 30.2 Å². The van der Waals surface area contributed by atoms with Crippen LogP contribution < -0.4 is 4.90 Å². The van der Waals surface area contributed by atoms with Crippen molar-refractivity contribution in [2.75, 3.05) is 32.1 Å². The first-order chi connectivity index (χ1) is 12.0. The zero-order valence-electron chi connectivity index (χ0n) is 14.3. The van der Waals surface area contributed by atoms with Gasteiger partial charge in [0.15, 0.2) is 5.13 Å². The molecule has 0 unspecified atom stereocenters. The fourth-order valence-corrected chi connectivity index (χ4v) is 3.53. The van der Waals surface area contributed by atoms with Crippen molar-refractivity contribution in [3.63, 3.8) is 0 Å². The summed E-state index contributed by atoms with van der Waals surface area (Å²) < 4.78 is 14.7. The molecular formula is C19H20FN3OS. The molecule has 0 aliphatic heterocycles. The molecule has 0 atom stereocenters. The second kappa shape index (κ2) is 7.72. The quantitative estimate of drug-likeness (QED) is 0.677. The molecule has 0 bridgehead atoms. The SMILES string of the molecule is CN(C)CCN(C(=O)Cc1ccccc1)c1nc2c(F)cccc2s1. The van der Waals surface area contributed by atoms with Crippen LogP contribution in [0.15, 0.2) is 48.5 Å². The van der Waals surface area contributed by atoms with Crippen molar-refractivity contribution in [1.29, 1.82) is 0 Å². The van der Waals surface area contributed by atoms with Crippen molar-refractivity contribution in [2.45, 2.75) is 6.42 Å². The number of likely N-dealkylation sites (N-methyl/N-ethyl adjacent to an activating group) is 1. The van der Waals surface area contributed by atoms with Crippen molar-refractivity contribution < 1.29 is 9.18 Å². The van der Waals surface area contributed by atoms with Gasteiger partial charge in [-0.05, 0) is 31.8 Å². The van der Waals surface area contributed by atoms with Crippen LogP contribution in [-0.2, 0) is 11.2 Å². The topological polar surface area (TPSA) is 36.4 Å². The first-order valence-electron chi connectivity index (χ1n) is 8.08. The Bertz CT molecular complexity index is 863. The Morgan fingerprint density at radius 1 is 1.08 bits per heavy atom. The number of anilines is 1. The second-order valence-corrected chi connectivity index (χ2v) is 7.10. The molecule has 0 radical (unpaired) electrons. The van der Waals surface area contributed by atoms with Crippen molar-refractivity contribution in [3.8, 4) is 0 Å². The Morgan fingerprint density at radius 3 is 2.52 bits per heavy atom. The van der Waals surface area contributed by atoms with Gasteiger partial charge >= 0.3 is 0 Å². The number of rotatable bonds is 6. The van der Waals surface area contributed by atoms with Gasteiger partial charge in [-0.2, -0.15) is 0 Å². The monoisotopic (exact) mass is 357 g/mol. The highest BCUT2D eigenvalue weighted by molar-refractivity contribution is 7.22. The molecule has 0 saturated carbocycles. The Balaban J connectivity index is 1.89. The van der Waals surface area contributed by atoms with E-state index in [4.69, 9.17) is 0 Å². The molecule has 0 aliphatic carbocycles. The van der Waals surface area contributed by atoms with Crippen molar-refractivity contribution in [1.82, 2.24) is 9.88 Å². The van der Waals surface area contributed by atoms with Crippen molar-refractivity contribution in [3.05, 3.63) is 59.9 Å². The van der Waals surface area contributed by atoms with Gasteiger partial charge in [0.1, 0.15) is 11.3 Å². The number of para-hydroxylation sites is 1. The molecule has 1 heterocycles. The molecule has 25 heavy (non-hydrogen) atoms. The normalized spacial score (nSPS) is 11.2. The zero-order valence-corrected chi connectivity index (χ0v) is 15.1. The molecule has 1 amide bonds. The molecular weight excluding hydrogens is 337 g/mol. The lowest BCUT2D eigenvalue weighted by atomic mass is 10.1. The third kappa shape index (κ3) is 4.21. The first-order valence-corrected chi connectivity index (χ1v) is 8.90. The van der Waals surface area contributed by atoms with Gasteiger partial charge in [-0.3, -0.25) is 9.69 Å². The summed E-state index contributed by atoms with van der Waals surface area (Å²) in [4.78, 5) is 20.9. The number of carbonyl (C=O) groups excluding carboxylic acids is 1. The van der Waals surface area contributed by atoms with Gasteiger partial charge in [0.2, 0.25) is 5.91 Å². The number of amides is 1. The summed E-state index contributed by atoms with van der Waals surface area (Å²) in [6, 6.07) is 14.5. The van der Waals surface area contributed by atoms with E-state index in [-0.39, 0.29) is 11.7 Å². The minimum atomic E-state index is -0.358. The van der Waals surface area contributed by atoms with Crippen LogP contribution in [0.5, 0.6) is 0 Å². The largest absolute Gasteiger partial charge is 0.308 e. The van der Waals surface area contributed by atoms with Crippen LogP contribution >= 0.6 is 11.3 Å². The van der Waals surface area contributed by atoms with Crippen LogP contribution in [0.1, 0.15) is 5.56 Å². The first kappa shape index (κ1) is 17.5. The average Bonchev–Trinajstić information content (AvgIpc) is 3.01. The van der Waals surface area contributed by atoms with Gasteiger partial charge in [0.05, 0.1) is 11.1 Å². The number of halogens is 1. The lowest BCUT2D eigenvalue weighted by Gasteiger charge is -2.22. The lowest BCUT2D eigenvalue weighted by molar-refractivity contribution is -0.118. The van der Waals surface area contributed by atoms with Crippen molar-refractivity contribution in [2.24, 2.45) is 0 Å². The van der Waals surface area contributed by atoms with Crippen LogP contribution in [0.4, 0.5) is 9.52 Å². The molecule has 6 heteroatoms. The highest BCUT2D eigenvalue weighted by Crippen LogP contribution is 2.30. The number of nitrogens with zero attached hydrogens (tertiary/aromatic N) is 3. The summed E-state index contributed by atoms with van der Waals surface area (Å²) in [6.45, 7) is 1.22. The molecule has 130 valence electrons. The highest BCUT2D eigenvalue weighted by atomic mass is 32.1. The molecule has 0 fully saturated rings. The second-order valence-electron chi connectivity index (χ2n) is 6.09. The molecule has 0 N–H and O–H groups in total. The summed E-state index contributed by atoms with van der Waals surface area (Å²) in [5.41, 5.74) is 1.28. The third-order valence-electron chi connectivity index (χ3n) is 3.86. The molecule has 1 aromatic heterocycles. The maximum absolute atomic E-state index is 14.0. The third-order valence-corrected chi connectivity index (χ3v) is 4.90. The Labute approximate surface area is 150 Å². The summed E-state index contributed by atoms with van der Waals surface area (Å²) in [7, 11) is 3.91. The lowest BCUT2D eigenvalue weighted by Crippen LogP contribution is -2.37. The molecule has 2 aromatic carbocycles. The van der Waals surface area contributed by atoms with E-state index in [0.717, 1.165) is 10.3 Å². The molecule has 0 saturated heterocycles. The van der Waals surface area contributed by atoms with E-state index in [1.807, 2.05) is 55.4 Å². The summed E-state index contributed by atoms with van der Waals surface area (Å²) in [6.07, 6.45) is 0.298. The fraction of sp³-hybridized carbons (Fsp3) is 0.263. The van der Waals surface area contributed by atoms with Gasteiger partial charge in [-0.25, -0.2) is 9.37 Å². The molecule has 4 nitrogen and oxygen atoms in total. The van der Waals surface area contributed by atoms with Crippen molar-refractivity contribution >= 4 is 32.6 Å². The van der Waals surface area contributed by atoms with Gasteiger partial charge in [0, 0.05) is 13.1 Å². The van der Waals surface area contributed by atoms with Crippen LogP contribution in [0.25, 0.3) is 10.2 Å². The standard InChI is InChI=1S/C19H20FN3OS/c1-22(2)11-12-23(17(24)13-14-7-4-3-5-8-14)19-21-18-15(20)9-6-10-16(18)25-19/h3-10H,11-13H2,1-2H3. The van der Waals surface area contributed by atoms with E-state index >= 15 is 0 Å². The Hall–Kier alpha value is -2.31. The summed E-state index contributed by atoms with van der Waals surface area (Å²) >= 11 is 1.35. The van der Waals surface area contributed by atoms with E-state index in [1.54, 1.807) is 11.0 Å². The number of thiazole rings is 1. The Morgan fingerprint density at radius 2 is 1.84 bits per heavy atom. The van der Waals surface area contributed by atoms with E-state index < -0.39 is 0 Å². The predicted octanol–water partition coefficient (Wildman–Crippen LogP) is 3.57. The number of carbonyl (C=O) groups is 1. The number of hydrogen-bond acceptors (Lipinski definition) is 4. The van der Waals surface area contributed by atoms with E-state index in [1.165, 1.54) is 17.4 Å². The number of aromatic nitrogens is 1. The minimum Gasteiger partial charge on any atom is -0.308 e. The highest BCUT2D eigenvalue weighted by Gasteiger charge is 2.21. The smallest absolute Gasteiger partial charge is 0.233 e. The van der Waals surface area contributed by atoms with Crippen LogP contribution in [0.3, 0.4) is 0 Å². The zero-order chi connectivity index (χ0) is 17.8. The van der Waals surface area contributed by atoms with Gasteiger partial charge in [0.25, 0.3) is 0 Å². The van der Waals surface area contributed by atoms with Gasteiger partial charge in [-0.15, -0.1) is 0 Å². The maximum Gasteiger partial charge on any atom is 0.233 e.